The van der Waals surface area contributed by atoms with Gasteiger partial charge in [0.1, 0.15) is 6.61 Å². The van der Waals surface area contributed by atoms with Gasteiger partial charge in [0.2, 0.25) is 0 Å². The van der Waals surface area contributed by atoms with E-state index in [2.05, 4.69) is 26.0 Å². The first kappa shape index (κ1) is 46.8. The highest BCUT2D eigenvalue weighted by molar-refractivity contribution is 7.47. The summed E-state index contributed by atoms with van der Waals surface area (Å²) in [4.78, 5) is 34.7. The van der Waals surface area contributed by atoms with Crippen molar-refractivity contribution < 1.29 is 37.6 Å². The zero-order chi connectivity index (χ0) is 35.4. The SMILES string of the molecule is CCCCC/C=C\CCCCCCCC(=O)OC(COC(=O)CCCCCCCCCCCCCCCCC)COP(=O)(O)OCCN. The highest BCUT2D eigenvalue weighted by Gasteiger charge is 2.25. The van der Waals surface area contributed by atoms with E-state index >= 15 is 0 Å². The van der Waals surface area contributed by atoms with Crippen LogP contribution in [0, 0.1) is 0 Å². The number of nitrogens with two attached hydrogens (primary N) is 1. The second-order valence-electron chi connectivity index (χ2n) is 13.2. The van der Waals surface area contributed by atoms with E-state index in [9.17, 15) is 19.0 Å². The van der Waals surface area contributed by atoms with Crippen LogP contribution in [0.3, 0.4) is 0 Å². The molecule has 0 bridgehead atoms. The van der Waals surface area contributed by atoms with Crippen LogP contribution >= 0.6 is 7.82 Å². The number of hydrogen-bond acceptors (Lipinski definition) is 8. The number of ether oxygens (including phenoxy) is 2. The summed E-state index contributed by atoms with van der Waals surface area (Å²) in [5.74, 6) is -0.833. The Morgan fingerprint density at radius 3 is 1.52 bits per heavy atom. The summed E-state index contributed by atoms with van der Waals surface area (Å²) in [5.41, 5.74) is 5.33. The van der Waals surface area contributed by atoms with Crippen LogP contribution in [0.1, 0.15) is 187 Å². The van der Waals surface area contributed by atoms with Crippen LogP contribution < -0.4 is 5.73 Å². The first-order valence-electron chi connectivity index (χ1n) is 19.7. The van der Waals surface area contributed by atoms with Crippen molar-refractivity contribution in [3.8, 4) is 0 Å². The zero-order valence-electron chi connectivity index (χ0n) is 31.0. The maximum absolute atomic E-state index is 12.5. The molecule has 0 aliphatic heterocycles. The van der Waals surface area contributed by atoms with Crippen molar-refractivity contribution in [3.63, 3.8) is 0 Å². The molecule has 0 aliphatic rings. The summed E-state index contributed by atoms with van der Waals surface area (Å²) in [6.45, 7) is 3.70. The summed E-state index contributed by atoms with van der Waals surface area (Å²) >= 11 is 0. The monoisotopic (exact) mass is 704 g/mol. The van der Waals surface area contributed by atoms with Crippen LogP contribution in [0.15, 0.2) is 12.2 Å². The molecule has 2 atom stereocenters. The molecule has 0 heterocycles. The molecule has 10 heteroatoms. The normalized spacial score (nSPS) is 13.5. The minimum absolute atomic E-state index is 0.0546. The number of unbranched alkanes of at least 4 members (excludes halogenated alkanes) is 22. The van der Waals surface area contributed by atoms with Gasteiger partial charge < -0.3 is 20.1 Å². The molecule has 0 fully saturated rings. The van der Waals surface area contributed by atoms with Crippen molar-refractivity contribution in [1.29, 1.82) is 0 Å². The van der Waals surface area contributed by atoms with Crippen LogP contribution in [0.4, 0.5) is 0 Å². The van der Waals surface area contributed by atoms with Gasteiger partial charge in [0.25, 0.3) is 0 Å². The molecule has 3 N–H and O–H groups in total. The fraction of sp³-hybridized carbons (Fsp3) is 0.895. The fourth-order valence-electron chi connectivity index (χ4n) is 5.45. The molecule has 284 valence electrons. The minimum atomic E-state index is -4.37. The number of phosphoric ester groups is 1. The van der Waals surface area contributed by atoms with Gasteiger partial charge in [-0.2, -0.15) is 0 Å². The van der Waals surface area contributed by atoms with E-state index in [4.69, 9.17) is 24.3 Å². The Hall–Kier alpha value is -1.25. The number of hydrogen-bond donors (Lipinski definition) is 2. The molecule has 0 aromatic carbocycles. The first-order chi connectivity index (χ1) is 23.3. The third-order valence-corrected chi connectivity index (χ3v) is 9.39. The summed E-state index contributed by atoms with van der Waals surface area (Å²) < 4.78 is 32.6. The van der Waals surface area contributed by atoms with Crippen molar-refractivity contribution in [1.82, 2.24) is 0 Å². The Morgan fingerprint density at radius 1 is 0.604 bits per heavy atom. The van der Waals surface area contributed by atoms with Crippen LogP contribution in [0.2, 0.25) is 0 Å². The summed E-state index contributed by atoms with van der Waals surface area (Å²) in [5, 5.41) is 0. The Balaban J connectivity index is 4.18. The molecule has 0 aromatic heterocycles. The van der Waals surface area contributed by atoms with Gasteiger partial charge in [-0.3, -0.25) is 18.6 Å². The number of allylic oxidation sites excluding steroid dienone is 2. The molecule has 0 radical (unpaired) electrons. The third kappa shape index (κ3) is 34.6. The Labute approximate surface area is 294 Å². The third-order valence-electron chi connectivity index (χ3n) is 8.40. The Morgan fingerprint density at radius 2 is 1.02 bits per heavy atom. The predicted octanol–water partition coefficient (Wildman–Crippen LogP) is 10.7. The van der Waals surface area contributed by atoms with Crippen molar-refractivity contribution in [2.24, 2.45) is 5.73 Å². The number of phosphoric acid groups is 1. The molecule has 0 aromatic rings. The highest BCUT2D eigenvalue weighted by atomic mass is 31.2. The van der Waals surface area contributed by atoms with Crippen molar-refractivity contribution >= 4 is 19.8 Å². The van der Waals surface area contributed by atoms with Gasteiger partial charge in [-0.15, -0.1) is 0 Å². The lowest BCUT2D eigenvalue weighted by atomic mass is 10.0. The summed E-state index contributed by atoms with van der Waals surface area (Å²) in [7, 11) is -4.37. The molecule has 0 saturated carbocycles. The van der Waals surface area contributed by atoms with Crippen LogP contribution in [0.5, 0.6) is 0 Å². The van der Waals surface area contributed by atoms with E-state index in [1.54, 1.807) is 0 Å². The summed E-state index contributed by atoms with van der Waals surface area (Å²) in [6, 6.07) is 0. The van der Waals surface area contributed by atoms with Crippen LogP contribution in [-0.4, -0.2) is 49.3 Å². The Kier molecular flexibility index (Phi) is 34.6. The molecule has 0 saturated heterocycles. The van der Waals surface area contributed by atoms with E-state index in [-0.39, 0.29) is 38.6 Å². The number of rotatable bonds is 37. The predicted molar refractivity (Wildman–Crippen MR) is 197 cm³/mol. The molecule has 48 heavy (non-hydrogen) atoms. The Bertz CT molecular complexity index is 810. The number of carbonyl (C=O) groups is 2. The van der Waals surface area contributed by atoms with Gasteiger partial charge in [0, 0.05) is 19.4 Å². The van der Waals surface area contributed by atoms with E-state index in [1.807, 2.05) is 0 Å². The lowest BCUT2D eigenvalue weighted by Gasteiger charge is -2.19. The van der Waals surface area contributed by atoms with E-state index in [0.29, 0.717) is 6.42 Å². The average Bonchev–Trinajstić information content (AvgIpc) is 3.07. The average molecular weight is 704 g/mol. The molecular formula is C38H74NO8P. The van der Waals surface area contributed by atoms with Crippen LogP contribution in [-0.2, 0) is 32.7 Å². The van der Waals surface area contributed by atoms with E-state index < -0.39 is 26.5 Å². The van der Waals surface area contributed by atoms with Gasteiger partial charge in [-0.25, -0.2) is 4.57 Å². The van der Waals surface area contributed by atoms with E-state index in [0.717, 1.165) is 57.8 Å². The molecule has 0 aliphatic carbocycles. The molecule has 0 spiro atoms. The lowest BCUT2D eigenvalue weighted by molar-refractivity contribution is -0.161. The van der Waals surface area contributed by atoms with Gasteiger partial charge in [-0.1, -0.05) is 148 Å². The maximum atomic E-state index is 12.5. The molecular weight excluding hydrogens is 629 g/mol. The molecule has 0 amide bonds. The van der Waals surface area contributed by atoms with Gasteiger partial charge in [-0.05, 0) is 38.5 Å². The first-order valence-corrected chi connectivity index (χ1v) is 21.2. The smallest absolute Gasteiger partial charge is 0.462 e. The largest absolute Gasteiger partial charge is 0.472 e. The van der Waals surface area contributed by atoms with Crippen molar-refractivity contribution in [2.75, 3.05) is 26.4 Å². The van der Waals surface area contributed by atoms with Crippen LogP contribution in [0.25, 0.3) is 0 Å². The molecule has 9 nitrogen and oxygen atoms in total. The van der Waals surface area contributed by atoms with Gasteiger partial charge in [0.15, 0.2) is 6.10 Å². The highest BCUT2D eigenvalue weighted by Crippen LogP contribution is 2.43. The second kappa shape index (κ2) is 35.6. The van der Waals surface area contributed by atoms with Gasteiger partial charge >= 0.3 is 19.8 Å². The topological polar surface area (TPSA) is 134 Å². The number of esters is 2. The van der Waals surface area contributed by atoms with Gasteiger partial charge in [0.05, 0.1) is 13.2 Å². The molecule has 0 rings (SSSR count). The van der Waals surface area contributed by atoms with E-state index in [1.165, 1.54) is 96.3 Å². The summed E-state index contributed by atoms with van der Waals surface area (Å²) in [6.07, 6.45) is 33.8. The number of carbonyl (C=O) groups excluding carboxylic acids is 2. The lowest BCUT2D eigenvalue weighted by Crippen LogP contribution is -2.29. The molecule has 2 unspecified atom stereocenters. The minimum Gasteiger partial charge on any atom is -0.462 e. The second-order valence-corrected chi connectivity index (χ2v) is 14.6. The van der Waals surface area contributed by atoms with Crippen molar-refractivity contribution in [3.05, 3.63) is 12.2 Å². The zero-order valence-corrected chi connectivity index (χ0v) is 31.9. The fourth-order valence-corrected chi connectivity index (χ4v) is 6.22. The standard InChI is InChI=1S/C38H74NO8P/c1-3-5-7-9-11-13-15-17-18-19-21-22-24-26-28-30-37(40)44-34-36(35-46-48(42,43)45-33-32-39)47-38(41)31-29-27-25-23-20-16-14-12-10-8-6-4-2/h12,14,36H,3-11,13,15-35,39H2,1-2H3,(H,42,43)/b14-12-. The van der Waals surface area contributed by atoms with Crippen molar-refractivity contribution in [2.45, 2.75) is 193 Å². The quantitative estimate of drug-likeness (QED) is 0.0280. The maximum Gasteiger partial charge on any atom is 0.472 e.